The Labute approximate surface area is 182 Å². The van der Waals surface area contributed by atoms with E-state index in [9.17, 15) is 38.6 Å². The Balaban J connectivity index is 1.72. The molecule has 22 heteroatoms. The maximum atomic E-state index is 11.6. The first kappa shape index (κ1) is 25.5. The Hall–Kier alpha value is -1.14. The minimum atomic E-state index is -6.09. The summed E-state index contributed by atoms with van der Waals surface area (Å²) in [7, 11) is -17.8. The van der Waals surface area contributed by atoms with Crippen LogP contribution in [0.5, 0.6) is 0 Å². The zero-order valence-corrected chi connectivity index (χ0v) is 18.7. The topological polar surface area (TPSA) is 291 Å². The third-order valence-corrected chi connectivity index (χ3v) is 7.85. The first-order valence-electron chi connectivity index (χ1n) is 8.05. The van der Waals surface area contributed by atoms with Crippen LogP contribution in [0, 0.1) is 4.64 Å². The number of phosphoric acid groups is 3. The van der Waals surface area contributed by atoms with Crippen LogP contribution in [0.2, 0.25) is 0 Å². The number of hydrogen-bond acceptors (Lipinski definition) is 16. The number of rotatable bonds is 8. The summed E-state index contributed by atoms with van der Waals surface area (Å²) >= 11 is 5.01. The van der Waals surface area contributed by atoms with E-state index >= 15 is 0 Å². The van der Waals surface area contributed by atoms with Crippen molar-refractivity contribution in [1.29, 1.82) is 0 Å². The van der Waals surface area contributed by atoms with Crippen molar-refractivity contribution in [2.24, 2.45) is 0 Å². The van der Waals surface area contributed by atoms with Crippen LogP contribution in [0.15, 0.2) is 6.33 Å². The van der Waals surface area contributed by atoms with Crippen molar-refractivity contribution < 1.29 is 61.4 Å². The number of nitrogen functional groups attached to an aromatic ring is 1. The van der Waals surface area contributed by atoms with E-state index in [1.807, 2.05) is 0 Å². The molecule has 0 aliphatic carbocycles. The van der Waals surface area contributed by atoms with Crippen LogP contribution in [-0.2, 0) is 31.6 Å². The van der Waals surface area contributed by atoms with Gasteiger partial charge in [0.2, 0.25) is 0 Å². The molecule has 0 spiro atoms. The van der Waals surface area contributed by atoms with Crippen molar-refractivity contribution in [3.63, 3.8) is 0 Å². The molecule has 1 saturated heterocycles. The van der Waals surface area contributed by atoms with Gasteiger partial charge in [-0.25, -0.2) is 18.6 Å². The molecule has 1 fully saturated rings. The van der Waals surface area contributed by atoms with E-state index < -0.39 is 54.6 Å². The Morgan fingerprint density at radius 1 is 1.22 bits per heavy atom. The Morgan fingerprint density at radius 2 is 1.88 bits per heavy atom. The van der Waals surface area contributed by atoms with Crippen LogP contribution in [-0.4, -0.2) is 59.5 Å². The molecule has 180 valence electrons. The highest BCUT2D eigenvalue weighted by molar-refractivity contribution is 7.71. The number of aromatic amines is 1. The molecule has 4 unspecified atom stereocenters. The second kappa shape index (κ2) is 8.90. The number of nitrogens with one attached hydrogen (secondary N) is 1. The summed E-state index contributed by atoms with van der Waals surface area (Å²) in [6, 6.07) is 0. The van der Waals surface area contributed by atoms with Crippen molar-refractivity contribution >= 4 is 52.8 Å². The van der Waals surface area contributed by atoms with E-state index in [2.05, 4.69) is 28.1 Å². The maximum Gasteiger partial charge on any atom is 0.280 e. The van der Waals surface area contributed by atoms with Crippen molar-refractivity contribution in [2.45, 2.75) is 24.5 Å². The lowest BCUT2D eigenvalue weighted by Gasteiger charge is -2.33. The zero-order chi connectivity index (χ0) is 24.1. The van der Waals surface area contributed by atoms with Crippen molar-refractivity contribution in [1.82, 2.24) is 19.5 Å². The second-order valence-electron chi connectivity index (χ2n) is 6.14. The number of anilines is 1. The summed E-state index contributed by atoms with van der Waals surface area (Å²) in [6.07, 6.45) is -5.12. The van der Waals surface area contributed by atoms with Gasteiger partial charge in [-0.2, -0.15) is 0 Å². The van der Waals surface area contributed by atoms with Gasteiger partial charge in [-0.1, -0.05) is 12.2 Å². The molecule has 2 aromatic heterocycles. The molecule has 0 saturated carbocycles. The lowest BCUT2D eigenvalue weighted by Crippen LogP contribution is -2.34. The number of imidazole rings is 1. The first-order valence-corrected chi connectivity index (χ1v) is 12.9. The molecule has 3 rings (SSSR count). The largest absolute Gasteiger partial charge is 0.756 e. The SMILES string of the molecule is Nc1nc(=S)c2ncn([C@@H]3O[C@H](COP(=O)([O-])OP(=O)([O-])OP(=O)([O-])O)C(O)[C@@H]3O)c2[nH]1. The molecule has 0 bridgehead atoms. The molecule has 6 N–H and O–H groups in total. The van der Waals surface area contributed by atoms with Crippen LogP contribution >= 0.6 is 35.7 Å². The summed E-state index contributed by atoms with van der Waals surface area (Å²) in [6.45, 7) is -1.07. The molecule has 32 heavy (non-hydrogen) atoms. The summed E-state index contributed by atoms with van der Waals surface area (Å²) < 4.78 is 50.7. The van der Waals surface area contributed by atoms with Crippen LogP contribution < -0.4 is 20.4 Å². The monoisotopic (exact) mass is 536 g/mol. The van der Waals surface area contributed by atoms with Gasteiger partial charge in [-0.15, -0.1) is 0 Å². The standard InChI is InChI=1S/C10H16N5O13P3S/c11-10-13-7-4(8(32)14-10)12-2-15(7)9-6(17)5(16)3(26-9)1-25-30(21,22)28-31(23,24)27-29(18,19)20/h2-3,5-6,9,16-17H,1H2,(H,21,22)(H,23,24)(H2,18,19,20)(H3,11,13,14,32)/p-3/t3-,5?,6+,9-/m1/s1. The summed E-state index contributed by atoms with van der Waals surface area (Å²) in [5.41, 5.74) is 5.93. The highest BCUT2D eigenvalue weighted by atomic mass is 32.1. The third kappa shape index (κ3) is 5.85. The molecule has 7 atom stereocenters. The van der Waals surface area contributed by atoms with Crippen LogP contribution in [0.1, 0.15) is 6.23 Å². The molecule has 0 amide bonds. The number of hydrogen-bond donors (Lipinski definition) is 5. The quantitative estimate of drug-likeness (QED) is 0.167. The molecule has 2 aromatic rings. The van der Waals surface area contributed by atoms with Crippen LogP contribution in [0.3, 0.4) is 0 Å². The minimum absolute atomic E-state index is 0.0297. The second-order valence-corrected chi connectivity index (χ2v) is 10.8. The van der Waals surface area contributed by atoms with Gasteiger partial charge in [0.05, 0.1) is 12.9 Å². The van der Waals surface area contributed by atoms with Crippen LogP contribution in [0.4, 0.5) is 5.95 Å². The highest BCUT2D eigenvalue weighted by Gasteiger charge is 2.45. The molecule has 18 nitrogen and oxygen atoms in total. The molecule has 1 aliphatic rings. The summed E-state index contributed by atoms with van der Waals surface area (Å²) in [5, 5.41) is 20.4. The Kier molecular flexibility index (Phi) is 7.09. The minimum Gasteiger partial charge on any atom is -0.756 e. The number of aromatic nitrogens is 4. The molecule has 0 radical (unpaired) electrons. The van der Waals surface area contributed by atoms with Crippen LogP contribution in [0.25, 0.3) is 11.2 Å². The summed E-state index contributed by atoms with van der Waals surface area (Å²) in [5.74, 6) is -0.0867. The number of aliphatic hydroxyl groups is 2. The first-order chi connectivity index (χ1) is 14.6. The van der Waals surface area contributed by atoms with Gasteiger partial charge in [-0.05, 0) is 0 Å². The predicted molar refractivity (Wildman–Crippen MR) is 96.2 cm³/mol. The van der Waals surface area contributed by atoms with E-state index in [-0.39, 0.29) is 21.8 Å². The number of nitrogens with two attached hydrogens (primary N) is 1. The fourth-order valence-corrected chi connectivity index (χ4v) is 5.84. The lowest BCUT2D eigenvalue weighted by atomic mass is 10.1. The van der Waals surface area contributed by atoms with Crippen molar-refractivity contribution in [2.75, 3.05) is 12.3 Å². The smallest absolute Gasteiger partial charge is 0.280 e. The predicted octanol–water partition coefficient (Wildman–Crippen LogP) is -2.86. The number of ether oxygens (including phenoxy) is 1. The third-order valence-electron chi connectivity index (χ3n) is 3.88. The molecule has 3 heterocycles. The lowest BCUT2D eigenvalue weighted by molar-refractivity contribution is -0.250. The number of H-pyrrole nitrogens is 1. The molecule has 1 aliphatic heterocycles. The van der Waals surface area contributed by atoms with Gasteiger partial charge >= 0.3 is 0 Å². The Morgan fingerprint density at radius 3 is 2.50 bits per heavy atom. The van der Waals surface area contributed by atoms with Gasteiger partial charge in [0.25, 0.3) is 23.5 Å². The molecule has 0 aromatic carbocycles. The number of fused-ring (bicyclic) bond motifs is 1. The van der Waals surface area contributed by atoms with Gasteiger partial charge in [0.15, 0.2) is 16.8 Å². The van der Waals surface area contributed by atoms with Gasteiger partial charge in [-0.3, -0.25) is 18.3 Å². The average Bonchev–Trinajstić information content (AvgIpc) is 3.12. The van der Waals surface area contributed by atoms with E-state index in [4.69, 9.17) is 27.6 Å². The average molecular weight is 536 g/mol. The van der Waals surface area contributed by atoms with E-state index in [0.717, 1.165) is 0 Å². The van der Waals surface area contributed by atoms with Gasteiger partial charge in [0.1, 0.15) is 29.5 Å². The number of aliphatic hydroxyl groups excluding tert-OH is 2. The fourth-order valence-electron chi connectivity index (χ4n) is 2.69. The number of nitrogens with zero attached hydrogens (tertiary/aromatic N) is 3. The number of phosphoric ester groups is 1. The molecular weight excluding hydrogens is 523 g/mol. The van der Waals surface area contributed by atoms with E-state index in [1.165, 1.54) is 10.9 Å². The highest BCUT2D eigenvalue weighted by Crippen LogP contribution is 2.61. The normalized spacial score (nSPS) is 29.4. The summed E-state index contributed by atoms with van der Waals surface area (Å²) in [4.78, 5) is 52.0. The van der Waals surface area contributed by atoms with Crippen molar-refractivity contribution in [3.05, 3.63) is 11.0 Å². The maximum absolute atomic E-state index is 11.6. The van der Waals surface area contributed by atoms with E-state index in [1.54, 1.807) is 0 Å². The van der Waals surface area contributed by atoms with Crippen molar-refractivity contribution in [3.8, 4) is 0 Å². The van der Waals surface area contributed by atoms with Gasteiger partial charge < -0.3 is 49.8 Å². The Bertz CT molecular complexity index is 1210. The fraction of sp³-hybridized carbons (Fsp3) is 0.500. The van der Waals surface area contributed by atoms with E-state index in [0.29, 0.717) is 0 Å². The zero-order valence-electron chi connectivity index (χ0n) is 15.2. The molecular formula is C10H13N5O13P3S-3. The van der Waals surface area contributed by atoms with Gasteiger partial charge in [0, 0.05) is 0 Å².